The number of hydrogen-bond donors (Lipinski definition) is 2. The quantitative estimate of drug-likeness (QED) is 0.254. The van der Waals surface area contributed by atoms with Gasteiger partial charge in [0.25, 0.3) is 0 Å². The molecule has 2 N–H and O–H groups in total. The van der Waals surface area contributed by atoms with E-state index in [-0.39, 0.29) is 5.78 Å². The number of rotatable bonds is 11. The molecular weight excluding hydrogens is 456 g/mol. The number of likely N-dealkylation sites (tertiary alicyclic amines) is 1. The van der Waals surface area contributed by atoms with E-state index in [4.69, 9.17) is 10.2 Å². The van der Waals surface area contributed by atoms with Crippen LogP contribution in [0.3, 0.4) is 0 Å². The second-order valence-electron chi connectivity index (χ2n) is 9.33. The molecule has 2 aromatic carbocycles. The van der Waals surface area contributed by atoms with Gasteiger partial charge in [0, 0.05) is 50.5 Å². The van der Waals surface area contributed by atoms with Crippen LogP contribution >= 0.6 is 0 Å². The molecule has 1 aliphatic rings. The number of piperidine rings is 1. The van der Waals surface area contributed by atoms with Gasteiger partial charge in [0.2, 0.25) is 0 Å². The fourth-order valence-corrected chi connectivity index (χ4v) is 4.23. The van der Waals surface area contributed by atoms with E-state index in [1.165, 1.54) is 44.3 Å². The Labute approximate surface area is 214 Å². The molecule has 0 amide bonds. The molecule has 7 heteroatoms. The number of benzene rings is 2. The van der Waals surface area contributed by atoms with Gasteiger partial charge in [-0.25, -0.2) is 9.59 Å². The van der Waals surface area contributed by atoms with Gasteiger partial charge in [-0.15, -0.1) is 0 Å². The highest BCUT2D eigenvalue weighted by atomic mass is 16.4. The number of aliphatic carboxylic acids is 2. The highest BCUT2D eigenvalue weighted by Crippen LogP contribution is 2.24. The molecule has 0 bridgehead atoms. The van der Waals surface area contributed by atoms with Crippen molar-refractivity contribution in [3.63, 3.8) is 0 Å². The predicted molar refractivity (Wildman–Crippen MR) is 142 cm³/mol. The molecule has 3 rings (SSSR count). The van der Waals surface area contributed by atoms with Gasteiger partial charge in [-0.1, -0.05) is 43.2 Å². The Morgan fingerprint density at radius 1 is 0.889 bits per heavy atom. The molecule has 1 fully saturated rings. The summed E-state index contributed by atoms with van der Waals surface area (Å²) in [4.78, 5) is 36.1. The SMILES string of the molecule is CN(C)c1ccc(C(=O)CCCCC2CCN(Cc3ccccc3)CC2)cc1.O=C(O)/C=C/C(=O)O. The molecule has 1 saturated heterocycles. The van der Waals surface area contributed by atoms with Crippen molar-refractivity contribution in [2.24, 2.45) is 5.92 Å². The van der Waals surface area contributed by atoms with Crippen molar-refractivity contribution in [1.82, 2.24) is 4.90 Å². The summed E-state index contributed by atoms with van der Waals surface area (Å²) in [5.74, 6) is -1.40. The lowest BCUT2D eigenvalue weighted by atomic mass is 9.90. The number of carbonyl (C=O) groups excluding carboxylic acids is 1. The third kappa shape index (κ3) is 11.3. The zero-order valence-electron chi connectivity index (χ0n) is 21.3. The van der Waals surface area contributed by atoms with Crippen LogP contribution in [0.5, 0.6) is 0 Å². The van der Waals surface area contributed by atoms with Crippen LogP contribution in [0.15, 0.2) is 66.7 Å². The summed E-state index contributed by atoms with van der Waals surface area (Å²) in [6.45, 7) is 3.49. The summed E-state index contributed by atoms with van der Waals surface area (Å²) in [6.07, 6.45) is 7.84. The maximum atomic E-state index is 12.4. The van der Waals surface area contributed by atoms with Gasteiger partial charge in [0.05, 0.1) is 0 Å². The lowest BCUT2D eigenvalue weighted by molar-refractivity contribution is -0.134. The Morgan fingerprint density at radius 3 is 2.00 bits per heavy atom. The number of hydrogen-bond acceptors (Lipinski definition) is 5. The number of unbranched alkanes of at least 4 members (excludes halogenated alkanes) is 1. The van der Waals surface area contributed by atoms with Crippen molar-refractivity contribution in [2.45, 2.75) is 45.1 Å². The van der Waals surface area contributed by atoms with Crippen LogP contribution in [0.4, 0.5) is 5.69 Å². The van der Waals surface area contributed by atoms with Gasteiger partial charge < -0.3 is 15.1 Å². The number of Topliss-reactive ketones (excluding diaryl/α,β-unsaturated/α-hetero) is 1. The minimum atomic E-state index is -1.26. The molecule has 0 radical (unpaired) electrons. The first-order valence-electron chi connectivity index (χ1n) is 12.5. The molecule has 0 spiro atoms. The summed E-state index contributed by atoms with van der Waals surface area (Å²) >= 11 is 0. The van der Waals surface area contributed by atoms with Crippen molar-refractivity contribution in [3.05, 3.63) is 77.9 Å². The molecule has 1 heterocycles. The Kier molecular flexibility index (Phi) is 12.4. The van der Waals surface area contributed by atoms with E-state index < -0.39 is 11.9 Å². The fraction of sp³-hybridized carbons (Fsp3) is 0.414. The van der Waals surface area contributed by atoms with Crippen LogP contribution in [0, 0.1) is 5.92 Å². The highest BCUT2D eigenvalue weighted by molar-refractivity contribution is 5.96. The van der Waals surface area contributed by atoms with Crippen LogP contribution in [-0.2, 0) is 16.1 Å². The van der Waals surface area contributed by atoms with Crippen molar-refractivity contribution in [2.75, 3.05) is 32.1 Å². The largest absolute Gasteiger partial charge is 0.478 e. The normalized spacial score (nSPS) is 14.2. The molecule has 0 atom stereocenters. The minimum Gasteiger partial charge on any atom is -0.478 e. The topological polar surface area (TPSA) is 98.2 Å². The number of carboxylic acid groups (broad SMARTS) is 2. The summed E-state index contributed by atoms with van der Waals surface area (Å²) in [7, 11) is 4.03. The van der Waals surface area contributed by atoms with Crippen molar-refractivity contribution >= 4 is 23.4 Å². The third-order valence-corrected chi connectivity index (χ3v) is 6.30. The molecule has 0 aliphatic carbocycles. The van der Waals surface area contributed by atoms with Gasteiger partial charge >= 0.3 is 11.9 Å². The molecule has 2 aromatic rings. The van der Waals surface area contributed by atoms with Crippen molar-refractivity contribution in [1.29, 1.82) is 0 Å². The summed E-state index contributed by atoms with van der Waals surface area (Å²) in [5.41, 5.74) is 3.40. The van der Waals surface area contributed by atoms with Crippen molar-refractivity contribution in [3.8, 4) is 0 Å². The smallest absolute Gasteiger partial charge is 0.328 e. The van der Waals surface area contributed by atoms with Gasteiger partial charge in [-0.3, -0.25) is 9.69 Å². The van der Waals surface area contributed by atoms with Crippen LogP contribution < -0.4 is 4.90 Å². The van der Waals surface area contributed by atoms with Gasteiger partial charge in [0.1, 0.15) is 0 Å². The second-order valence-corrected chi connectivity index (χ2v) is 9.33. The van der Waals surface area contributed by atoms with E-state index >= 15 is 0 Å². The molecule has 1 aliphatic heterocycles. The van der Waals surface area contributed by atoms with E-state index in [0.29, 0.717) is 18.6 Å². The monoisotopic (exact) mass is 494 g/mol. The standard InChI is InChI=1S/C25H34N2O.C4H4O4/c1-26(2)24-14-12-23(13-15-24)25(28)11-7-6-8-21-16-18-27(19-17-21)20-22-9-4-3-5-10-22;5-3(6)1-2-4(7)8/h3-5,9-10,12-15,21H,6-8,11,16-20H2,1-2H3;1-2H,(H,5,6)(H,7,8)/b;2-1+. The lowest BCUT2D eigenvalue weighted by Gasteiger charge is -2.32. The fourth-order valence-electron chi connectivity index (χ4n) is 4.23. The van der Waals surface area contributed by atoms with Crippen LogP contribution in [0.25, 0.3) is 0 Å². The summed E-state index contributed by atoms with van der Waals surface area (Å²) < 4.78 is 0. The van der Waals surface area contributed by atoms with Crippen LogP contribution in [-0.4, -0.2) is 60.0 Å². The molecule has 7 nitrogen and oxygen atoms in total. The number of carboxylic acids is 2. The van der Waals surface area contributed by atoms with E-state index in [9.17, 15) is 14.4 Å². The van der Waals surface area contributed by atoms with E-state index in [2.05, 4.69) is 40.1 Å². The first-order valence-corrected chi connectivity index (χ1v) is 12.5. The highest BCUT2D eigenvalue weighted by Gasteiger charge is 2.19. The van der Waals surface area contributed by atoms with Gasteiger partial charge in [0.15, 0.2) is 5.78 Å². The molecule has 0 aromatic heterocycles. The van der Waals surface area contributed by atoms with Gasteiger partial charge in [-0.05, 0) is 68.1 Å². The maximum absolute atomic E-state index is 12.4. The van der Waals surface area contributed by atoms with Gasteiger partial charge in [-0.2, -0.15) is 0 Å². The zero-order chi connectivity index (χ0) is 26.3. The van der Waals surface area contributed by atoms with E-state index in [1.807, 2.05) is 38.4 Å². The first kappa shape index (κ1) is 28.8. The van der Waals surface area contributed by atoms with E-state index in [0.717, 1.165) is 30.1 Å². The summed E-state index contributed by atoms with van der Waals surface area (Å²) in [6, 6.07) is 18.7. The Bertz CT molecular complexity index is 962. The Hall–Kier alpha value is -3.45. The average Bonchev–Trinajstić information content (AvgIpc) is 2.87. The molecular formula is C29H38N2O5. The molecule has 0 saturated carbocycles. The number of nitrogens with zero attached hydrogens (tertiary/aromatic N) is 2. The maximum Gasteiger partial charge on any atom is 0.328 e. The van der Waals surface area contributed by atoms with Crippen LogP contribution in [0.1, 0.15) is 54.4 Å². The average molecular weight is 495 g/mol. The Balaban J connectivity index is 0.000000493. The zero-order valence-corrected chi connectivity index (χ0v) is 21.3. The molecule has 0 unspecified atom stereocenters. The predicted octanol–water partition coefficient (Wildman–Crippen LogP) is 5.12. The third-order valence-electron chi connectivity index (χ3n) is 6.30. The van der Waals surface area contributed by atoms with E-state index in [1.54, 1.807) is 0 Å². The second kappa shape index (κ2) is 15.5. The number of carbonyl (C=O) groups is 3. The minimum absolute atomic E-state index is 0.281. The Morgan fingerprint density at radius 2 is 1.47 bits per heavy atom. The molecule has 36 heavy (non-hydrogen) atoms. The lowest BCUT2D eigenvalue weighted by Crippen LogP contribution is -2.33. The number of anilines is 1. The summed E-state index contributed by atoms with van der Waals surface area (Å²) in [5, 5.41) is 15.6. The first-order chi connectivity index (χ1) is 17.2. The van der Waals surface area contributed by atoms with Crippen LogP contribution in [0.2, 0.25) is 0 Å². The molecule has 194 valence electrons. The number of ketones is 1. The van der Waals surface area contributed by atoms with Crippen molar-refractivity contribution < 1.29 is 24.6 Å².